The summed E-state index contributed by atoms with van der Waals surface area (Å²) in [7, 11) is 2.02. The van der Waals surface area contributed by atoms with E-state index in [1.165, 1.54) is 0 Å². The molecule has 0 spiro atoms. The Labute approximate surface area is 102 Å². The van der Waals surface area contributed by atoms with Crippen LogP contribution in [0.3, 0.4) is 0 Å². The van der Waals surface area contributed by atoms with Gasteiger partial charge in [0.1, 0.15) is 12.1 Å². The molecule has 0 radical (unpaired) electrons. The Kier molecular flexibility index (Phi) is 3.38. The van der Waals surface area contributed by atoms with Crippen molar-refractivity contribution < 1.29 is 0 Å². The zero-order valence-electron chi connectivity index (χ0n) is 10.5. The average molecular weight is 227 g/mol. The van der Waals surface area contributed by atoms with E-state index in [1.807, 2.05) is 31.3 Å². The minimum absolute atomic E-state index is 0.418. The van der Waals surface area contributed by atoms with Crippen LogP contribution in [-0.4, -0.2) is 17.0 Å². The smallest absolute Gasteiger partial charge is 0.136 e. The summed E-state index contributed by atoms with van der Waals surface area (Å²) in [6, 6.07) is 12.2. The van der Waals surface area contributed by atoms with Crippen molar-refractivity contribution in [3.8, 4) is 0 Å². The van der Waals surface area contributed by atoms with Gasteiger partial charge in [-0.1, -0.05) is 32.0 Å². The van der Waals surface area contributed by atoms with Crippen LogP contribution in [0.15, 0.2) is 42.7 Å². The van der Waals surface area contributed by atoms with Crippen LogP contribution in [0.25, 0.3) is 0 Å². The lowest BCUT2D eigenvalue weighted by molar-refractivity contribution is 0.812. The Balaban J connectivity index is 2.31. The molecule has 0 saturated carbocycles. The van der Waals surface area contributed by atoms with Crippen LogP contribution in [0, 0.1) is 0 Å². The summed E-state index contributed by atoms with van der Waals surface area (Å²) in [4.78, 5) is 10.7. The molecule has 0 fully saturated rings. The zero-order valence-corrected chi connectivity index (χ0v) is 10.5. The van der Waals surface area contributed by atoms with Crippen molar-refractivity contribution in [1.82, 2.24) is 9.97 Å². The van der Waals surface area contributed by atoms with Crippen molar-refractivity contribution in [3.63, 3.8) is 0 Å². The maximum absolute atomic E-state index is 4.31. The molecular formula is C14H17N3. The monoisotopic (exact) mass is 227 g/mol. The lowest BCUT2D eigenvalue weighted by atomic mass is 10.1. The number of aromatic nitrogens is 2. The summed E-state index contributed by atoms with van der Waals surface area (Å²) < 4.78 is 0. The topological polar surface area (TPSA) is 29.0 Å². The molecule has 0 aliphatic rings. The molecule has 88 valence electrons. The predicted octanol–water partition coefficient (Wildman–Crippen LogP) is 3.37. The maximum atomic E-state index is 4.31. The van der Waals surface area contributed by atoms with Gasteiger partial charge in [0.15, 0.2) is 0 Å². The van der Waals surface area contributed by atoms with Gasteiger partial charge in [-0.05, 0) is 18.1 Å². The van der Waals surface area contributed by atoms with Gasteiger partial charge in [-0.25, -0.2) is 9.97 Å². The first-order valence-electron chi connectivity index (χ1n) is 5.79. The molecular weight excluding hydrogens is 210 g/mol. The molecule has 0 bridgehead atoms. The number of para-hydroxylation sites is 1. The van der Waals surface area contributed by atoms with Crippen molar-refractivity contribution in [2.45, 2.75) is 19.8 Å². The Morgan fingerprint density at radius 2 is 1.76 bits per heavy atom. The van der Waals surface area contributed by atoms with Crippen LogP contribution >= 0.6 is 0 Å². The summed E-state index contributed by atoms with van der Waals surface area (Å²) in [5.74, 6) is 1.34. The molecule has 0 saturated heterocycles. The van der Waals surface area contributed by atoms with Crippen LogP contribution < -0.4 is 4.90 Å². The number of rotatable bonds is 3. The van der Waals surface area contributed by atoms with Gasteiger partial charge in [0.2, 0.25) is 0 Å². The van der Waals surface area contributed by atoms with E-state index in [9.17, 15) is 0 Å². The number of hydrogen-bond acceptors (Lipinski definition) is 3. The molecule has 0 N–H and O–H groups in total. The van der Waals surface area contributed by atoms with Crippen molar-refractivity contribution in [2.75, 3.05) is 11.9 Å². The highest BCUT2D eigenvalue weighted by atomic mass is 15.2. The average Bonchev–Trinajstić information content (AvgIpc) is 2.39. The highest BCUT2D eigenvalue weighted by Gasteiger charge is 2.07. The fraction of sp³-hybridized carbons (Fsp3) is 0.286. The van der Waals surface area contributed by atoms with Gasteiger partial charge < -0.3 is 4.90 Å². The molecule has 3 nitrogen and oxygen atoms in total. The van der Waals surface area contributed by atoms with Crippen LogP contribution in [0.2, 0.25) is 0 Å². The van der Waals surface area contributed by atoms with Crippen LogP contribution in [0.5, 0.6) is 0 Å². The molecule has 0 aliphatic carbocycles. The number of benzene rings is 1. The second-order valence-electron chi connectivity index (χ2n) is 4.35. The third kappa shape index (κ3) is 2.61. The quantitative estimate of drug-likeness (QED) is 0.805. The summed E-state index contributed by atoms with van der Waals surface area (Å²) in [5.41, 5.74) is 2.19. The SMILES string of the molecule is CC(C)c1cc(N(C)c2ccccc2)ncn1. The Bertz CT molecular complexity index is 480. The molecule has 0 aliphatic heterocycles. The first kappa shape index (κ1) is 11.6. The zero-order chi connectivity index (χ0) is 12.3. The van der Waals surface area contributed by atoms with Gasteiger partial charge in [-0.15, -0.1) is 0 Å². The van der Waals surface area contributed by atoms with E-state index in [1.54, 1.807) is 6.33 Å². The van der Waals surface area contributed by atoms with Crippen LogP contribution in [0.1, 0.15) is 25.5 Å². The highest BCUT2D eigenvalue weighted by Crippen LogP contribution is 2.22. The summed E-state index contributed by atoms with van der Waals surface area (Å²) in [6.07, 6.45) is 1.63. The lowest BCUT2D eigenvalue weighted by Crippen LogP contribution is -2.12. The molecule has 0 atom stereocenters. The third-order valence-corrected chi connectivity index (χ3v) is 2.75. The summed E-state index contributed by atoms with van der Waals surface area (Å²) in [5, 5.41) is 0. The molecule has 2 aromatic rings. The predicted molar refractivity (Wildman–Crippen MR) is 70.6 cm³/mol. The van der Waals surface area contributed by atoms with Gasteiger partial charge >= 0.3 is 0 Å². The van der Waals surface area contributed by atoms with Gasteiger partial charge in [0.05, 0.1) is 0 Å². The van der Waals surface area contributed by atoms with E-state index in [0.717, 1.165) is 17.2 Å². The van der Waals surface area contributed by atoms with Gasteiger partial charge in [0.25, 0.3) is 0 Å². The van der Waals surface area contributed by atoms with E-state index in [-0.39, 0.29) is 0 Å². The molecule has 1 heterocycles. The van der Waals surface area contributed by atoms with Crippen molar-refractivity contribution in [1.29, 1.82) is 0 Å². The summed E-state index contributed by atoms with van der Waals surface area (Å²) in [6.45, 7) is 4.27. The molecule has 0 amide bonds. The number of anilines is 2. The molecule has 1 aromatic heterocycles. The number of nitrogens with zero attached hydrogens (tertiary/aromatic N) is 3. The molecule has 0 unspecified atom stereocenters. The van der Waals surface area contributed by atoms with E-state index in [2.05, 4.69) is 40.8 Å². The standard InChI is InChI=1S/C14H17N3/c1-11(2)13-9-14(16-10-15-13)17(3)12-7-5-4-6-8-12/h4-11H,1-3H3. The van der Waals surface area contributed by atoms with E-state index < -0.39 is 0 Å². The van der Waals surface area contributed by atoms with Crippen LogP contribution in [0.4, 0.5) is 11.5 Å². The second-order valence-corrected chi connectivity index (χ2v) is 4.35. The van der Waals surface area contributed by atoms with Crippen molar-refractivity contribution in [3.05, 3.63) is 48.4 Å². The third-order valence-electron chi connectivity index (χ3n) is 2.75. The first-order chi connectivity index (χ1) is 8.18. The Hall–Kier alpha value is -1.90. The Morgan fingerprint density at radius 3 is 2.41 bits per heavy atom. The Morgan fingerprint density at radius 1 is 1.06 bits per heavy atom. The minimum atomic E-state index is 0.418. The van der Waals surface area contributed by atoms with E-state index >= 15 is 0 Å². The second kappa shape index (κ2) is 4.95. The largest absolute Gasteiger partial charge is 0.329 e. The highest BCUT2D eigenvalue weighted by molar-refractivity contribution is 5.58. The fourth-order valence-corrected chi connectivity index (χ4v) is 1.64. The van der Waals surface area contributed by atoms with Crippen molar-refractivity contribution >= 4 is 11.5 Å². The molecule has 1 aromatic carbocycles. The minimum Gasteiger partial charge on any atom is -0.329 e. The van der Waals surface area contributed by atoms with Gasteiger partial charge in [-0.2, -0.15) is 0 Å². The van der Waals surface area contributed by atoms with E-state index in [0.29, 0.717) is 5.92 Å². The lowest BCUT2D eigenvalue weighted by Gasteiger charge is -2.18. The normalized spacial score (nSPS) is 10.6. The molecule has 3 heteroatoms. The number of hydrogen-bond donors (Lipinski definition) is 0. The summed E-state index contributed by atoms with van der Waals surface area (Å²) >= 11 is 0. The molecule has 17 heavy (non-hydrogen) atoms. The first-order valence-corrected chi connectivity index (χ1v) is 5.79. The van der Waals surface area contributed by atoms with Gasteiger partial charge in [0, 0.05) is 24.5 Å². The molecule has 2 rings (SSSR count). The van der Waals surface area contributed by atoms with Crippen LogP contribution in [-0.2, 0) is 0 Å². The van der Waals surface area contributed by atoms with E-state index in [4.69, 9.17) is 0 Å². The van der Waals surface area contributed by atoms with Crippen molar-refractivity contribution in [2.24, 2.45) is 0 Å². The fourth-order valence-electron chi connectivity index (χ4n) is 1.64. The maximum Gasteiger partial charge on any atom is 0.136 e. The van der Waals surface area contributed by atoms with Gasteiger partial charge in [-0.3, -0.25) is 0 Å².